The van der Waals surface area contributed by atoms with Crippen LogP contribution in [0, 0.1) is 0 Å². The highest BCUT2D eigenvalue weighted by atomic mass is 16.5. The molecular weight excluding hydrogens is 238 g/mol. The van der Waals surface area contributed by atoms with Gasteiger partial charge in [0.25, 0.3) is 0 Å². The van der Waals surface area contributed by atoms with Gasteiger partial charge in [-0.2, -0.15) is 0 Å². The zero-order valence-corrected chi connectivity index (χ0v) is 11.2. The summed E-state index contributed by atoms with van der Waals surface area (Å²) in [5.74, 6) is 0. The van der Waals surface area contributed by atoms with Crippen molar-refractivity contribution in [3.8, 4) is 0 Å². The number of ether oxygens (including phenoxy) is 1. The van der Waals surface area contributed by atoms with Crippen LogP contribution < -0.4 is 10.6 Å². The van der Waals surface area contributed by atoms with Crippen LogP contribution in [0.15, 0.2) is 30.6 Å². The lowest BCUT2D eigenvalue weighted by atomic mass is 10.1. The largest absolute Gasteiger partial charge is 0.398 e. The third-order valence-electron chi connectivity index (χ3n) is 3.76. The number of hydrogen-bond donors (Lipinski definition) is 1. The molecule has 1 aliphatic rings. The number of nitrogen functional groups attached to an aromatic ring is 1. The fraction of sp³-hybridized carbons (Fsp3) is 0.400. The molecule has 0 aliphatic carbocycles. The lowest BCUT2D eigenvalue weighted by Crippen LogP contribution is -2.42. The first kappa shape index (κ1) is 12.2. The molecule has 0 radical (unpaired) electrons. The van der Waals surface area contributed by atoms with Crippen LogP contribution in [0.5, 0.6) is 0 Å². The number of aromatic nitrogens is 1. The number of pyridine rings is 1. The minimum atomic E-state index is 0.318. The molecule has 0 bridgehead atoms. The quantitative estimate of drug-likeness (QED) is 0.839. The highest BCUT2D eigenvalue weighted by Gasteiger charge is 2.20. The molecule has 1 aromatic carbocycles. The van der Waals surface area contributed by atoms with Crippen LogP contribution in [0.3, 0.4) is 0 Å². The van der Waals surface area contributed by atoms with Gasteiger partial charge in [0.05, 0.1) is 12.7 Å². The van der Waals surface area contributed by atoms with Gasteiger partial charge in [0.1, 0.15) is 0 Å². The molecule has 3 rings (SSSR count). The number of nitrogens with zero attached hydrogens (tertiary/aromatic N) is 2. The Morgan fingerprint density at radius 3 is 3.11 bits per heavy atom. The SMILES string of the molecule is CCC1CN(c2ccc(N)c3ccncc23)CCO1. The van der Waals surface area contributed by atoms with Crippen LogP contribution >= 0.6 is 0 Å². The maximum absolute atomic E-state index is 6.04. The fourth-order valence-corrected chi connectivity index (χ4v) is 2.66. The third kappa shape index (κ3) is 2.24. The Hall–Kier alpha value is -1.81. The Morgan fingerprint density at radius 2 is 2.26 bits per heavy atom. The molecule has 1 fully saturated rings. The molecular formula is C15H19N3O. The van der Waals surface area contributed by atoms with Crippen LogP contribution in [0.25, 0.3) is 10.8 Å². The van der Waals surface area contributed by atoms with Crippen molar-refractivity contribution in [2.75, 3.05) is 30.3 Å². The summed E-state index contributed by atoms with van der Waals surface area (Å²) < 4.78 is 5.73. The van der Waals surface area contributed by atoms with E-state index in [4.69, 9.17) is 10.5 Å². The second-order valence-electron chi connectivity index (χ2n) is 4.94. The minimum absolute atomic E-state index is 0.318. The standard InChI is InChI=1S/C15H19N3O/c1-2-11-10-18(7-8-19-11)15-4-3-14(16)12-5-6-17-9-13(12)15/h3-6,9,11H,2,7-8,10,16H2,1H3. The molecule has 4 heteroatoms. The van der Waals surface area contributed by atoms with Gasteiger partial charge >= 0.3 is 0 Å². The van der Waals surface area contributed by atoms with Crippen LogP contribution in [-0.4, -0.2) is 30.8 Å². The molecule has 0 amide bonds. The van der Waals surface area contributed by atoms with Gasteiger partial charge in [-0.3, -0.25) is 4.98 Å². The summed E-state index contributed by atoms with van der Waals surface area (Å²) >= 11 is 0. The van der Waals surface area contributed by atoms with Crippen molar-refractivity contribution in [1.82, 2.24) is 4.98 Å². The first-order valence-electron chi connectivity index (χ1n) is 6.78. The number of benzene rings is 1. The zero-order valence-electron chi connectivity index (χ0n) is 11.2. The summed E-state index contributed by atoms with van der Waals surface area (Å²) in [6.45, 7) is 4.80. The van der Waals surface area contributed by atoms with Gasteiger partial charge in [-0.1, -0.05) is 6.92 Å². The van der Waals surface area contributed by atoms with E-state index < -0.39 is 0 Å². The van der Waals surface area contributed by atoms with E-state index in [-0.39, 0.29) is 0 Å². The maximum Gasteiger partial charge on any atom is 0.0748 e. The van der Waals surface area contributed by atoms with Crippen molar-refractivity contribution in [1.29, 1.82) is 0 Å². The molecule has 2 aromatic rings. The van der Waals surface area contributed by atoms with E-state index in [0.29, 0.717) is 6.10 Å². The molecule has 2 N–H and O–H groups in total. The van der Waals surface area contributed by atoms with Gasteiger partial charge in [0.15, 0.2) is 0 Å². The average Bonchev–Trinajstić information content (AvgIpc) is 2.48. The third-order valence-corrected chi connectivity index (χ3v) is 3.76. The summed E-state index contributed by atoms with van der Waals surface area (Å²) in [5, 5.41) is 2.20. The maximum atomic E-state index is 6.04. The molecule has 1 aliphatic heterocycles. The Balaban J connectivity index is 2.03. The summed E-state index contributed by atoms with van der Waals surface area (Å²) in [7, 11) is 0. The number of anilines is 2. The first-order chi connectivity index (χ1) is 9.29. The summed E-state index contributed by atoms with van der Waals surface area (Å²) in [5.41, 5.74) is 8.05. The molecule has 1 unspecified atom stereocenters. The molecule has 0 saturated carbocycles. The number of morpholine rings is 1. The number of rotatable bonds is 2. The lowest BCUT2D eigenvalue weighted by Gasteiger charge is -2.34. The Morgan fingerprint density at radius 1 is 1.37 bits per heavy atom. The van der Waals surface area contributed by atoms with E-state index in [2.05, 4.69) is 22.9 Å². The topological polar surface area (TPSA) is 51.4 Å². The molecule has 2 heterocycles. The van der Waals surface area contributed by atoms with Gasteiger partial charge in [-0.05, 0) is 24.6 Å². The Labute approximate surface area is 113 Å². The predicted octanol–water partition coefficient (Wildman–Crippen LogP) is 2.43. The average molecular weight is 257 g/mol. The van der Waals surface area contributed by atoms with Crippen molar-refractivity contribution >= 4 is 22.1 Å². The van der Waals surface area contributed by atoms with Crippen LogP contribution in [0.4, 0.5) is 11.4 Å². The normalized spacial score (nSPS) is 19.8. The highest BCUT2D eigenvalue weighted by Crippen LogP contribution is 2.31. The highest BCUT2D eigenvalue weighted by molar-refractivity contribution is 6.00. The van der Waals surface area contributed by atoms with Crippen LogP contribution in [-0.2, 0) is 4.74 Å². The summed E-state index contributed by atoms with van der Waals surface area (Å²) in [6, 6.07) is 6.05. The monoisotopic (exact) mass is 257 g/mol. The summed E-state index contributed by atoms with van der Waals surface area (Å²) in [6.07, 6.45) is 5.05. The minimum Gasteiger partial charge on any atom is -0.398 e. The second-order valence-corrected chi connectivity index (χ2v) is 4.94. The van der Waals surface area contributed by atoms with Crippen molar-refractivity contribution in [3.63, 3.8) is 0 Å². The molecule has 4 nitrogen and oxygen atoms in total. The van der Waals surface area contributed by atoms with Crippen molar-refractivity contribution < 1.29 is 4.74 Å². The number of nitrogens with two attached hydrogens (primary N) is 1. The van der Waals surface area contributed by atoms with Gasteiger partial charge < -0.3 is 15.4 Å². The fourth-order valence-electron chi connectivity index (χ4n) is 2.66. The second kappa shape index (κ2) is 5.05. The van der Waals surface area contributed by atoms with E-state index in [9.17, 15) is 0 Å². The molecule has 100 valence electrons. The van der Waals surface area contributed by atoms with E-state index >= 15 is 0 Å². The van der Waals surface area contributed by atoms with Crippen molar-refractivity contribution in [2.24, 2.45) is 0 Å². The summed E-state index contributed by atoms with van der Waals surface area (Å²) in [4.78, 5) is 6.61. The van der Waals surface area contributed by atoms with E-state index in [1.807, 2.05) is 18.3 Å². The molecule has 0 spiro atoms. The van der Waals surface area contributed by atoms with Gasteiger partial charge in [-0.15, -0.1) is 0 Å². The molecule has 19 heavy (non-hydrogen) atoms. The van der Waals surface area contributed by atoms with Crippen molar-refractivity contribution in [3.05, 3.63) is 30.6 Å². The lowest BCUT2D eigenvalue weighted by molar-refractivity contribution is 0.0385. The molecule has 1 aromatic heterocycles. The van der Waals surface area contributed by atoms with Gasteiger partial charge in [-0.25, -0.2) is 0 Å². The smallest absolute Gasteiger partial charge is 0.0748 e. The van der Waals surface area contributed by atoms with E-state index in [1.54, 1.807) is 6.20 Å². The zero-order chi connectivity index (χ0) is 13.2. The van der Waals surface area contributed by atoms with E-state index in [1.165, 1.54) is 5.69 Å². The number of fused-ring (bicyclic) bond motifs is 1. The van der Waals surface area contributed by atoms with Crippen LogP contribution in [0.1, 0.15) is 13.3 Å². The molecule has 1 saturated heterocycles. The first-order valence-corrected chi connectivity index (χ1v) is 6.78. The van der Waals surface area contributed by atoms with Crippen molar-refractivity contribution in [2.45, 2.75) is 19.4 Å². The number of hydrogen-bond acceptors (Lipinski definition) is 4. The Kier molecular flexibility index (Phi) is 3.25. The molecule has 1 atom stereocenters. The Bertz CT molecular complexity index is 585. The van der Waals surface area contributed by atoms with E-state index in [0.717, 1.165) is 42.6 Å². The van der Waals surface area contributed by atoms with Crippen LogP contribution in [0.2, 0.25) is 0 Å². The predicted molar refractivity (Wildman–Crippen MR) is 78.4 cm³/mol. The van der Waals surface area contributed by atoms with Gasteiger partial charge in [0.2, 0.25) is 0 Å². The van der Waals surface area contributed by atoms with Gasteiger partial charge in [0, 0.05) is 47.6 Å².